The van der Waals surface area contributed by atoms with Crippen molar-refractivity contribution in [1.29, 1.82) is 0 Å². The Labute approximate surface area is 211 Å². The number of amides is 1. The summed E-state index contributed by atoms with van der Waals surface area (Å²) in [5.41, 5.74) is 4.65. The van der Waals surface area contributed by atoms with Crippen LogP contribution in [0.2, 0.25) is 0 Å². The fraction of sp³-hybridized carbons (Fsp3) is 0.560. The summed E-state index contributed by atoms with van der Waals surface area (Å²) in [6.07, 6.45) is 6.25. The van der Waals surface area contributed by atoms with Gasteiger partial charge < -0.3 is 14.5 Å². The first kappa shape index (κ1) is 25.6. The van der Waals surface area contributed by atoms with Gasteiger partial charge in [-0.3, -0.25) is 19.0 Å². The second kappa shape index (κ2) is 11.1. The summed E-state index contributed by atoms with van der Waals surface area (Å²) >= 11 is 0. The van der Waals surface area contributed by atoms with Gasteiger partial charge in [-0.15, -0.1) is 0 Å². The van der Waals surface area contributed by atoms with E-state index in [1.807, 2.05) is 54.5 Å². The highest BCUT2D eigenvalue weighted by molar-refractivity contribution is 5.80. The number of methoxy groups -OCH3 is 1. The van der Waals surface area contributed by atoms with Crippen molar-refractivity contribution < 1.29 is 9.53 Å². The molecule has 3 aromatic heterocycles. The third-order valence-electron chi connectivity index (χ3n) is 6.97. The van der Waals surface area contributed by atoms with E-state index in [0.717, 1.165) is 41.2 Å². The molecular weight excluding hydrogens is 460 g/mol. The SMILES string of the molecule is CCn1cc(CN(Cc2c(C)nn(C)c2C)C(=O)C2CCN(c3cnn(CCOC)c(=O)c3)C2)cn1. The van der Waals surface area contributed by atoms with Crippen molar-refractivity contribution in [2.24, 2.45) is 13.0 Å². The number of aryl methyl sites for hydroxylation is 3. The molecule has 3 aromatic rings. The molecule has 1 unspecified atom stereocenters. The number of nitrogens with zero attached hydrogens (tertiary/aromatic N) is 8. The summed E-state index contributed by atoms with van der Waals surface area (Å²) in [5, 5.41) is 13.2. The van der Waals surface area contributed by atoms with Crippen molar-refractivity contribution in [3.8, 4) is 0 Å². The van der Waals surface area contributed by atoms with E-state index in [9.17, 15) is 9.59 Å². The average molecular weight is 497 g/mol. The maximum Gasteiger partial charge on any atom is 0.268 e. The number of hydrogen-bond acceptors (Lipinski definition) is 7. The molecule has 0 radical (unpaired) electrons. The lowest BCUT2D eigenvalue weighted by atomic mass is 10.1. The Bertz CT molecular complexity index is 1260. The largest absolute Gasteiger partial charge is 0.383 e. The molecule has 1 amide bonds. The van der Waals surface area contributed by atoms with Crippen LogP contribution in [0.15, 0.2) is 29.5 Å². The summed E-state index contributed by atoms with van der Waals surface area (Å²) in [6.45, 7) is 9.92. The Kier molecular flexibility index (Phi) is 7.88. The van der Waals surface area contributed by atoms with Crippen LogP contribution in [0.3, 0.4) is 0 Å². The number of rotatable bonds is 10. The van der Waals surface area contributed by atoms with Crippen molar-refractivity contribution in [2.75, 3.05) is 31.7 Å². The van der Waals surface area contributed by atoms with Crippen molar-refractivity contribution in [3.05, 3.63) is 57.5 Å². The van der Waals surface area contributed by atoms with Crippen LogP contribution in [0.5, 0.6) is 0 Å². The van der Waals surface area contributed by atoms with E-state index < -0.39 is 0 Å². The van der Waals surface area contributed by atoms with E-state index in [-0.39, 0.29) is 17.4 Å². The molecule has 4 rings (SSSR count). The Balaban J connectivity index is 1.51. The van der Waals surface area contributed by atoms with E-state index in [2.05, 4.69) is 20.2 Å². The highest BCUT2D eigenvalue weighted by atomic mass is 16.5. The van der Waals surface area contributed by atoms with E-state index in [1.165, 1.54) is 4.68 Å². The highest BCUT2D eigenvalue weighted by Gasteiger charge is 2.33. The van der Waals surface area contributed by atoms with Crippen molar-refractivity contribution in [1.82, 2.24) is 34.2 Å². The molecule has 0 bridgehead atoms. The first-order valence-electron chi connectivity index (χ1n) is 12.4. The monoisotopic (exact) mass is 496 g/mol. The van der Waals surface area contributed by atoms with Crippen LogP contribution >= 0.6 is 0 Å². The normalized spacial score (nSPS) is 15.6. The fourth-order valence-corrected chi connectivity index (χ4v) is 4.73. The lowest BCUT2D eigenvalue weighted by molar-refractivity contribution is -0.136. The van der Waals surface area contributed by atoms with Crippen molar-refractivity contribution in [3.63, 3.8) is 0 Å². The highest BCUT2D eigenvalue weighted by Crippen LogP contribution is 2.26. The van der Waals surface area contributed by atoms with Gasteiger partial charge in [0, 0.05) is 76.0 Å². The first-order chi connectivity index (χ1) is 17.3. The molecule has 0 N–H and O–H groups in total. The smallest absolute Gasteiger partial charge is 0.268 e. The van der Waals surface area contributed by atoms with Crippen molar-refractivity contribution in [2.45, 2.75) is 53.4 Å². The molecule has 0 aromatic carbocycles. The molecule has 36 heavy (non-hydrogen) atoms. The first-order valence-corrected chi connectivity index (χ1v) is 12.4. The van der Waals surface area contributed by atoms with Gasteiger partial charge >= 0.3 is 0 Å². The van der Waals surface area contributed by atoms with Crippen LogP contribution in [0.25, 0.3) is 0 Å². The van der Waals surface area contributed by atoms with Crippen LogP contribution in [0.1, 0.15) is 35.9 Å². The van der Waals surface area contributed by atoms with Gasteiger partial charge in [0.25, 0.3) is 5.56 Å². The molecule has 0 spiro atoms. The van der Waals surface area contributed by atoms with Gasteiger partial charge in [-0.1, -0.05) is 0 Å². The van der Waals surface area contributed by atoms with E-state index in [1.54, 1.807) is 19.4 Å². The summed E-state index contributed by atoms with van der Waals surface area (Å²) in [7, 11) is 3.52. The van der Waals surface area contributed by atoms with Gasteiger partial charge in [0.2, 0.25) is 5.91 Å². The second-order valence-electron chi connectivity index (χ2n) is 9.37. The molecule has 194 valence electrons. The average Bonchev–Trinajstić information content (AvgIpc) is 3.59. The molecule has 1 fully saturated rings. The lowest BCUT2D eigenvalue weighted by Crippen LogP contribution is -2.37. The molecule has 11 heteroatoms. The predicted molar refractivity (Wildman–Crippen MR) is 136 cm³/mol. The minimum atomic E-state index is -0.170. The van der Waals surface area contributed by atoms with Gasteiger partial charge in [-0.2, -0.15) is 15.3 Å². The van der Waals surface area contributed by atoms with Gasteiger partial charge in [0.15, 0.2) is 0 Å². The predicted octanol–water partition coefficient (Wildman–Crippen LogP) is 1.51. The maximum atomic E-state index is 13.8. The molecule has 1 aliphatic rings. The summed E-state index contributed by atoms with van der Waals surface area (Å²) < 4.78 is 10.2. The van der Waals surface area contributed by atoms with E-state index in [4.69, 9.17) is 4.74 Å². The Hall–Kier alpha value is -3.47. The zero-order valence-corrected chi connectivity index (χ0v) is 21.8. The van der Waals surface area contributed by atoms with Crippen LogP contribution < -0.4 is 10.5 Å². The Morgan fingerprint density at radius 1 is 1.22 bits per heavy atom. The zero-order chi connectivity index (χ0) is 25.8. The number of aromatic nitrogens is 6. The summed E-state index contributed by atoms with van der Waals surface area (Å²) in [4.78, 5) is 30.3. The van der Waals surface area contributed by atoms with Gasteiger partial charge in [-0.05, 0) is 27.2 Å². The fourth-order valence-electron chi connectivity index (χ4n) is 4.73. The molecule has 1 atom stereocenters. The van der Waals surface area contributed by atoms with E-state index in [0.29, 0.717) is 39.3 Å². The van der Waals surface area contributed by atoms with Crippen LogP contribution in [-0.4, -0.2) is 67.0 Å². The molecule has 4 heterocycles. The minimum absolute atomic E-state index is 0.103. The second-order valence-corrected chi connectivity index (χ2v) is 9.37. The zero-order valence-electron chi connectivity index (χ0n) is 21.8. The minimum Gasteiger partial charge on any atom is -0.383 e. The van der Waals surface area contributed by atoms with Crippen LogP contribution in [-0.2, 0) is 42.8 Å². The third-order valence-corrected chi connectivity index (χ3v) is 6.97. The molecule has 1 saturated heterocycles. The summed E-state index contributed by atoms with van der Waals surface area (Å²) in [6, 6.07) is 1.59. The number of anilines is 1. The molecule has 0 aliphatic carbocycles. The van der Waals surface area contributed by atoms with Crippen LogP contribution in [0, 0.1) is 19.8 Å². The standard InChI is InChI=1S/C25H36N8O3/c1-6-32-15-20(12-26-32)14-31(17-23-18(2)28-29(4)19(23)3)25(35)21-7-8-30(16-21)22-11-24(34)33(27-13-22)9-10-36-5/h11-13,15,21H,6-10,14,16-17H2,1-5H3. The summed E-state index contributed by atoms with van der Waals surface area (Å²) in [5.74, 6) is -0.0646. The molecule has 0 saturated carbocycles. The number of carbonyl (C=O) groups is 1. The van der Waals surface area contributed by atoms with E-state index >= 15 is 0 Å². The quantitative estimate of drug-likeness (QED) is 0.419. The van der Waals surface area contributed by atoms with Gasteiger partial charge in [-0.25, -0.2) is 4.68 Å². The topological polar surface area (TPSA) is 103 Å². The third kappa shape index (κ3) is 5.51. The van der Waals surface area contributed by atoms with Crippen LogP contribution in [0.4, 0.5) is 5.69 Å². The van der Waals surface area contributed by atoms with Gasteiger partial charge in [0.05, 0.1) is 42.8 Å². The molecule has 1 aliphatic heterocycles. The lowest BCUT2D eigenvalue weighted by Gasteiger charge is -2.26. The van der Waals surface area contributed by atoms with Crippen molar-refractivity contribution >= 4 is 11.6 Å². The number of carbonyl (C=O) groups excluding carboxylic acids is 1. The Morgan fingerprint density at radius 2 is 2.03 bits per heavy atom. The van der Waals surface area contributed by atoms with Gasteiger partial charge in [0.1, 0.15) is 0 Å². The number of hydrogen-bond donors (Lipinski definition) is 0. The maximum absolute atomic E-state index is 13.8. The number of ether oxygens (including phenoxy) is 1. The molecular formula is C25H36N8O3. The molecule has 11 nitrogen and oxygen atoms in total. The Morgan fingerprint density at radius 3 is 2.67 bits per heavy atom.